The van der Waals surface area contributed by atoms with E-state index in [1.807, 2.05) is 36.4 Å². The average Bonchev–Trinajstić information content (AvgIpc) is 2.56. The number of benzene rings is 2. The molecule has 102 valence electrons. The second-order valence-corrected chi connectivity index (χ2v) is 5.30. The average molecular weight is 265 g/mol. The molecule has 0 aliphatic carbocycles. The van der Waals surface area contributed by atoms with Gasteiger partial charge < -0.3 is 10.1 Å². The Hall–Kier alpha value is -1.93. The quantitative estimate of drug-likeness (QED) is 0.841. The van der Waals surface area contributed by atoms with Gasteiger partial charge in [0.25, 0.3) is 0 Å². The first-order valence-electron chi connectivity index (χ1n) is 7.11. The maximum absolute atomic E-state index is 8.75. The Kier molecular flexibility index (Phi) is 3.66. The molecule has 2 heteroatoms. The van der Waals surface area contributed by atoms with Crippen molar-refractivity contribution in [1.29, 1.82) is 5.41 Å². The van der Waals surface area contributed by atoms with Crippen LogP contribution in [0, 0.1) is 5.41 Å². The number of hydrogen-bond donors (Lipinski definition) is 1. The molecule has 2 aromatic rings. The van der Waals surface area contributed by atoms with Gasteiger partial charge in [0.2, 0.25) is 0 Å². The molecule has 3 rings (SSSR count). The third kappa shape index (κ3) is 2.27. The Labute approximate surface area is 119 Å². The summed E-state index contributed by atoms with van der Waals surface area (Å²) in [5.41, 5.74) is 2.75. The molecule has 1 aliphatic rings. The minimum absolute atomic E-state index is 0.207. The Morgan fingerprint density at radius 3 is 2.00 bits per heavy atom. The molecule has 1 saturated heterocycles. The molecule has 2 aromatic carbocycles. The first kappa shape index (κ1) is 13.1. The minimum Gasteiger partial charge on any atom is -0.381 e. The van der Waals surface area contributed by atoms with Crippen molar-refractivity contribution in [3.05, 3.63) is 71.8 Å². The van der Waals surface area contributed by atoms with Crippen molar-refractivity contribution in [1.82, 2.24) is 0 Å². The summed E-state index contributed by atoms with van der Waals surface area (Å²) in [6.45, 7) is 1.45. The van der Waals surface area contributed by atoms with Crippen LogP contribution in [0.4, 0.5) is 0 Å². The molecule has 1 fully saturated rings. The summed E-state index contributed by atoms with van der Waals surface area (Å²) in [5.74, 6) is 0. The van der Waals surface area contributed by atoms with Gasteiger partial charge >= 0.3 is 0 Å². The molecule has 0 saturated carbocycles. The molecule has 1 heterocycles. The zero-order valence-electron chi connectivity index (χ0n) is 11.5. The second-order valence-electron chi connectivity index (χ2n) is 5.30. The van der Waals surface area contributed by atoms with Gasteiger partial charge in [0.15, 0.2) is 0 Å². The summed E-state index contributed by atoms with van der Waals surface area (Å²) in [7, 11) is 0. The fraction of sp³-hybridized carbons (Fsp3) is 0.278. The van der Waals surface area contributed by atoms with E-state index in [-0.39, 0.29) is 5.41 Å². The van der Waals surface area contributed by atoms with Crippen molar-refractivity contribution in [2.45, 2.75) is 18.3 Å². The summed E-state index contributed by atoms with van der Waals surface area (Å²) in [5, 5.41) is 8.75. The van der Waals surface area contributed by atoms with E-state index in [2.05, 4.69) is 24.3 Å². The SMILES string of the molecule is N=C(c1ccccc1)C1(c2ccccc2)CCOCC1. The molecule has 0 radical (unpaired) electrons. The monoisotopic (exact) mass is 265 g/mol. The van der Waals surface area contributed by atoms with Gasteiger partial charge in [0, 0.05) is 24.3 Å². The fourth-order valence-electron chi connectivity index (χ4n) is 3.04. The van der Waals surface area contributed by atoms with Crippen molar-refractivity contribution >= 4 is 5.71 Å². The van der Waals surface area contributed by atoms with Crippen LogP contribution in [0.15, 0.2) is 60.7 Å². The van der Waals surface area contributed by atoms with Gasteiger partial charge in [-0.1, -0.05) is 60.7 Å². The highest BCUT2D eigenvalue weighted by atomic mass is 16.5. The second kappa shape index (κ2) is 5.59. The van der Waals surface area contributed by atoms with Crippen molar-refractivity contribution in [3.8, 4) is 0 Å². The molecular formula is C18H19NO. The molecule has 0 amide bonds. The molecule has 1 aliphatic heterocycles. The highest BCUT2D eigenvalue weighted by molar-refractivity contribution is 6.06. The number of nitrogens with one attached hydrogen (secondary N) is 1. The summed E-state index contributed by atoms with van der Waals surface area (Å²) in [6.07, 6.45) is 1.76. The van der Waals surface area contributed by atoms with Crippen molar-refractivity contribution < 1.29 is 4.74 Å². The van der Waals surface area contributed by atoms with Gasteiger partial charge in [-0.05, 0) is 24.0 Å². The maximum atomic E-state index is 8.75. The van der Waals surface area contributed by atoms with E-state index in [4.69, 9.17) is 10.1 Å². The highest BCUT2D eigenvalue weighted by Crippen LogP contribution is 2.37. The van der Waals surface area contributed by atoms with Crippen LogP contribution in [0.1, 0.15) is 24.0 Å². The molecule has 0 bridgehead atoms. The number of hydrogen-bond acceptors (Lipinski definition) is 2. The first-order chi connectivity index (χ1) is 9.83. The largest absolute Gasteiger partial charge is 0.381 e. The smallest absolute Gasteiger partial charge is 0.0493 e. The molecule has 0 unspecified atom stereocenters. The van der Waals surface area contributed by atoms with E-state index >= 15 is 0 Å². The Morgan fingerprint density at radius 1 is 0.850 bits per heavy atom. The molecular weight excluding hydrogens is 246 g/mol. The van der Waals surface area contributed by atoms with Crippen LogP contribution in [-0.4, -0.2) is 18.9 Å². The molecule has 20 heavy (non-hydrogen) atoms. The Balaban J connectivity index is 2.05. The van der Waals surface area contributed by atoms with Gasteiger partial charge in [-0.25, -0.2) is 0 Å². The lowest BCUT2D eigenvalue weighted by Crippen LogP contribution is -2.41. The zero-order valence-corrected chi connectivity index (χ0v) is 11.5. The van der Waals surface area contributed by atoms with Crippen LogP contribution >= 0.6 is 0 Å². The number of rotatable bonds is 3. The van der Waals surface area contributed by atoms with Gasteiger partial charge in [-0.3, -0.25) is 0 Å². The molecule has 0 aromatic heterocycles. The summed E-state index contributed by atoms with van der Waals surface area (Å²) < 4.78 is 5.54. The van der Waals surface area contributed by atoms with Crippen LogP contribution in [0.2, 0.25) is 0 Å². The van der Waals surface area contributed by atoms with Crippen LogP contribution in [0.25, 0.3) is 0 Å². The van der Waals surface area contributed by atoms with Gasteiger partial charge in [-0.2, -0.15) is 0 Å². The van der Waals surface area contributed by atoms with Crippen molar-refractivity contribution in [2.75, 3.05) is 13.2 Å². The fourth-order valence-corrected chi connectivity index (χ4v) is 3.04. The molecule has 0 atom stereocenters. The Bertz CT molecular complexity index is 571. The summed E-state index contributed by atoms with van der Waals surface area (Å²) in [4.78, 5) is 0. The van der Waals surface area contributed by atoms with Gasteiger partial charge in [0.1, 0.15) is 0 Å². The number of ether oxygens (including phenoxy) is 1. The summed E-state index contributed by atoms with van der Waals surface area (Å²) >= 11 is 0. The minimum atomic E-state index is -0.207. The van der Waals surface area contributed by atoms with E-state index in [0.717, 1.165) is 31.6 Å². The first-order valence-corrected chi connectivity index (χ1v) is 7.11. The summed E-state index contributed by atoms with van der Waals surface area (Å²) in [6, 6.07) is 20.5. The van der Waals surface area contributed by atoms with E-state index in [0.29, 0.717) is 5.71 Å². The molecule has 0 spiro atoms. The van der Waals surface area contributed by atoms with Crippen LogP contribution in [-0.2, 0) is 10.2 Å². The van der Waals surface area contributed by atoms with Crippen LogP contribution in [0.3, 0.4) is 0 Å². The Morgan fingerprint density at radius 2 is 1.40 bits per heavy atom. The molecule has 1 N–H and O–H groups in total. The van der Waals surface area contributed by atoms with Crippen LogP contribution < -0.4 is 0 Å². The lowest BCUT2D eigenvalue weighted by Gasteiger charge is -2.38. The van der Waals surface area contributed by atoms with E-state index < -0.39 is 0 Å². The third-order valence-electron chi connectivity index (χ3n) is 4.21. The lowest BCUT2D eigenvalue weighted by atomic mass is 9.69. The molecule has 2 nitrogen and oxygen atoms in total. The standard InChI is InChI=1S/C18H19NO/c19-17(15-7-3-1-4-8-15)18(11-13-20-14-12-18)16-9-5-2-6-10-16/h1-10,19H,11-14H2. The van der Waals surface area contributed by atoms with Gasteiger partial charge in [0.05, 0.1) is 0 Å². The van der Waals surface area contributed by atoms with Crippen LogP contribution in [0.5, 0.6) is 0 Å². The van der Waals surface area contributed by atoms with E-state index in [1.54, 1.807) is 0 Å². The normalized spacial score (nSPS) is 17.6. The van der Waals surface area contributed by atoms with E-state index in [1.165, 1.54) is 5.56 Å². The predicted octanol–water partition coefficient (Wildman–Crippen LogP) is 3.80. The highest BCUT2D eigenvalue weighted by Gasteiger charge is 2.39. The lowest BCUT2D eigenvalue weighted by molar-refractivity contribution is 0.0708. The third-order valence-corrected chi connectivity index (χ3v) is 4.21. The maximum Gasteiger partial charge on any atom is 0.0493 e. The topological polar surface area (TPSA) is 33.1 Å². The predicted molar refractivity (Wildman–Crippen MR) is 81.4 cm³/mol. The van der Waals surface area contributed by atoms with Crippen molar-refractivity contribution in [3.63, 3.8) is 0 Å². The van der Waals surface area contributed by atoms with Crippen molar-refractivity contribution in [2.24, 2.45) is 0 Å². The van der Waals surface area contributed by atoms with Gasteiger partial charge in [-0.15, -0.1) is 0 Å². The zero-order chi connectivity index (χ0) is 13.8. The van der Waals surface area contributed by atoms with E-state index in [9.17, 15) is 0 Å².